The van der Waals surface area contributed by atoms with Crippen LogP contribution in [-0.4, -0.2) is 76.8 Å². The predicted octanol–water partition coefficient (Wildman–Crippen LogP) is 0.802. The molecule has 0 spiro atoms. The van der Waals surface area contributed by atoms with E-state index in [-0.39, 0.29) is 41.0 Å². The van der Waals surface area contributed by atoms with Gasteiger partial charge in [0.05, 0.1) is 12.2 Å². The third-order valence-electron chi connectivity index (χ3n) is 5.05. The highest BCUT2D eigenvalue weighted by molar-refractivity contribution is 8.00. The average Bonchev–Trinajstić information content (AvgIpc) is 3.26. The summed E-state index contributed by atoms with van der Waals surface area (Å²) in [5.74, 6) is -2.02. The number of β-lactam (4-membered cyclic amide) rings is 1. The first-order chi connectivity index (χ1) is 16.7. The van der Waals surface area contributed by atoms with Crippen molar-refractivity contribution in [1.29, 1.82) is 0 Å². The number of rotatable bonds is 9. The number of hydrogen-bond acceptors (Lipinski definition) is 12. The van der Waals surface area contributed by atoms with Crippen LogP contribution in [0.4, 0.5) is 5.13 Å². The Kier molecular flexibility index (Phi) is 8.51. The van der Waals surface area contributed by atoms with E-state index in [4.69, 9.17) is 20.0 Å². The Balaban J connectivity index is 1.70. The lowest BCUT2D eigenvalue weighted by molar-refractivity contribution is -0.152. The number of aromatic nitrogens is 1. The molecule has 3 heterocycles. The van der Waals surface area contributed by atoms with E-state index < -0.39 is 35.2 Å². The molecule has 0 radical (unpaired) electrons. The minimum atomic E-state index is -0.896. The normalized spacial score (nSPS) is 20.1. The highest BCUT2D eigenvalue weighted by Gasteiger charge is 2.54. The van der Waals surface area contributed by atoms with Crippen LogP contribution in [0.2, 0.25) is 0 Å². The van der Waals surface area contributed by atoms with Gasteiger partial charge in [0.15, 0.2) is 10.8 Å². The summed E-state index contributed by atoms with van der Waals surface area (Å²) in [5.41, 5.74) is 6.66. The van der Waals surface area contributed by atoms with Crippen molar-refractivity contribution in [3.8, 4) is 0 Å². The van der Waals surface area contributed by atoms with Crippen LogP contribution in [-0.2, 0) is 33.5 Å². The summed E-state index contributed by atoms with van der Waals surface area (Å²) in [5, 5.41) is 7.63. The number of nitrogens with zero attached hydrogens (tertiary/aromatic N) is 3. The zero-order valence-electron chi connectivity index (χ0n) is 19.5. The third-order valence-corrected chi connectivity index (χ3v) is 7.14. The van der Waals surface area contributed by atoms with Crippen molar-refractivity contribution < 1.29 is 33.5 Å². The minimum Gasteiger partial charge on any atom is -0.463 e. The number of carbonyl (C=O) groups is 4. The number of anilines is 1. The van der Waals surface area contributed by atoms with E-state index in [9.17, 15) is 19.2 Å². The zero-order valence-corrected chi connectivity index (χ0v) is 21.2. The molecule has 14 heteroatoms. The first-order valence-corrected chi connectivity index (χ1v) is 12.4. The molecule has 2 amide bonds. The summed E-state index contributed by atoms with van der Waals surface area (Å²) in [6, 6.07) is -0.896. The molecule has 3 N–H and O–H groups in total. The van der Waals surface area contributed by atoms with E-state index in [2.05, 4.69) is 15.5 Å². The van der Waals surface area contributed by atoms with Crippen LogP contribution in [0.3, 0.4) is 0 Å². The molecule has 188 valence electrons. The van der Waals surface area contributed by atoms with Gasteiger partial charge in [-0.15, -0.1) is 23.1 Å². The van der Waals surface area contributed by atoms with Gasteiger partial charge in [0.1, 0.15) is 36.5 Å². The second kappa shape index (κ2) is 11.4. The van der Waals surface area contributed by atoms with Crippen LogP contribution in [0, 0.1) is 0 Å². The Morgan fingerprint density at radius 3 is 2.71 bits per heavy atom. The monoisotopic (exact) mass is 523 g/mol. The number of nitrogens with one attached hydrogen (secondary N) is 1. The van der Waals surface area contributed by atoms with Gasteiger partial charge in [-0.05, 0) is 26.3 Å². The maximum atomic E-state index is 13.0. The average molecular weight is 524 g/mol. The maximum absolute atomic E-state index is 13.0. The second-order valence-corrected chi connectivity index (χ2v) is 9.29. The highest BCUT2D eigenvalue weighted by Crippen LogP contribution is 2.40. The van der Waals surface area contributed by atoms with Crippen molar-refractivity contribution in [1.82, 2.24) is 15.2 Å². The van der Waals surface area contributed by atoms with Crippen molar-refractivity contribution in [2.45, 2.75) is 32.2 Å². The van der Waals surface area contributed by atoms with Crippen LogP contribution < -0.4 is 11.1 Å². The number of oxime groups is 1. The molecule has 3 rings (SSSR count). The van der Waals surface area contributed by atoms with E-state index in [0.29, 0.717) is 11.3 Å². The molecule has 0 aromatic carbocycles. The Hall–Kier alpha value is -3.39. The molecule has 2 aliphatic heterocycles. The number of fused-ring (bicyclic) bond motifs is 1. The van der Waals surface area contributed by atoms with Gasteiger partial charge in [0, 0.05) is 11.1 Å². The number of nitrogen functional groups attached to an aromatic ring is 1. The van der Waals surface area contributed by atoms with Crippen molar-refractivity contribution in [2.24, 2.45) is 5.16 Å². The molecule has 1 saturated heterocycles. The molecule has 2 atom stereocenters. The van der Waals surface area contributed by atoms with Gasteiger partial charge in [0.25, 0.3) is 11.8 Å². The summed E-state index contributed by atoms with van der Waals surface area (Å²) < 4.78 is 10.2. The summed E-state index contributed by atoms with van der Waals surface area (Å²) in [7, 11) is 1.28. The zero-order chi connectivity index (χ0) is 25.7. The molecule has 35 heavy (non-hydrogen) atoms. The first kappa shape index (κ1) is 26.2. The third kappa shape index (κ3) is 5.48. The number of carbonyl (C=O) groups excluding carboxylic acids is 4. The lowest BCUT2D eigenvalue weighted by atomic mass is 10.0. The fourth-order valence-electron chi connectivity index (χ4n) is 3.36. The molecule has 0 aliphatic carbocycles. The Morgan fingerprint density at radius 2 is 2.11 bits per heavy atom. The van der Waals surface area contributed by atoms with Crippen molar-refractivity contribution in [3.63, 3.8) is 0 Å². The maximum Gasteiger partial charge on any atom is 0.355 e. The molecule has 2 aliphatic rings. The summed E-state index contributed by atoms with van der Waals surface area (Å²) >= 11 is 2.53. The van der Waals surface area contributed by atoms with Crippen LogP contribution in [0.15, 0.2) is 33.5 Å². The number of ether oxygens (including phenoxy) is 2. The van der Waals surface area contributed by atoms with Crippen LogP contribution >= 0.6 is 23.1 Å². The van der Waals surface area contributed by atoms with Crippen molar-refractivity contribution >= 4 is 57.7 Å². The van der Waals surface area contributed by atoms with Gasteiger partial charge in [0.2, 0.25) is 0 Å². The second-order valence-electron chi connectivity index (χ2n) is 7.29. The van der Waals surface area contributed by atoms with Crippen molar-refractivity contribution in [2.75, 3.05) is 31.8 Å². The van der Waals surface area contributed by atoms with Gasteiger partial charge in [-0.2, -0.15) is 0 Å². The van der Waals surface area contributed by atoms with Gasteiger partial charge >= 0.3 is 11.9 Å². The summed E-state index contributed by atoms with van der Waals surface area (Å²) in [6.45, 7) is 4.92. The fourth-order valence-corrected chi connectivity index (χ4v) is 5.20. The Labute approximate surface area is 209 Å². The number of esters is 2. The van der Waals surface area contributed by atoms with Gasteiger partial charge < -0.3 is 25.4 Å². The molecule has 0 bridgehead atoms. The number of allylic oxidation sites excluding steroid dienone is 1. The van der Waals surface area contributed by atoms with E-state index >= 15 is 0 Å². The topological polar surface area (TPSA) is 163 Å². The van der Waals surface area contributed by atoms with Gasteiger partial charge in [-0.25, -0.2) is 14.6 Å². The molecule has 0 unspecified atom stereocenters. The highest BCUT2D eigenvalue weighted by atomic mass is 32.2. The van der Waals surface area contributed by atoms with E-state index in [1.165, 1.54) is 29.8 Å². The van der Waals surface area contributed by atoms with Crippen LogP contribution in [0.5, 0.6) is 0 Å². The van der Waals surface area contributed by atoms with E-state index in [0.717, 1.165) is 11.3 Å². The standard InChI is InChI=1S/C21H25N5O7S2/c1-5-11(19(29)32-6-2)7-33-20(30)15-10(3)8-34-18-14(17(28)26(15)18)24-16(27)13(25-31-4)12-9-35-21(22)23-12/h5,9,14,18H,6-8H2,1-4H3,(H2,22,23)(H,24,27)/b11-5+,25-13-/t14-,18-/m1/s1. The minimum absolute atomic E-state index is 0.0987. The first-order valence-electron chi connectivity index (χ1n) is 10.5. The van der Waals surface area contributed by atoms with Crippen LogP contribution in [0.25, 0.3) is 0 Å². The SMILES string of the molecule is C/C=C(\COC(=O)C1=C(C)CS[C@@H]2[C@H](NC(=O)/C(=N\OC)c3csc(N)n3)C(=O)N12)C(=O)OCC. The van der Waals surface area contributed by atoms with E-state index in [1.807, 2.05) is 0 Å². The summed E-state index contributed by atoms with van der Waals surface area (Å²) in [4.78, 5) is 60.7. The number of amides is 2. The van der Waals surface area contributed by atoms with Crippen LogP contribution in [0.1, 0.15) is 26.5 Å². The molecular formula is C21H25N5O7S2. The number of thiazole rings is 1. The molecular weight excluding hydrogens is 498 g/mol. The number of hydrogen-bond donors (Lipinski definition) is 2. The molecule has 1 fully saturated rings. The number of thioether (sulfide) groups is 1. The lowest BCUT2D eigenvalue weighted by Gasteiger charge is -2.49. The van der Waals surface area contributed by atoms with Crippen molar-refractivity contribution in [3.05, 3.63) is 34.0 Å². The smallest absolute Gasteiger partial charge is 0.355 e. The largest absolute Gasteiger partial charge is 0.463 e. The molecule has 1 aromatic heterocycles. The Morgan fingerprint density at radius 1 is 1.37 bits per heavy atom. The lowest BCUT2D eigenvalue weighted by Crippen LogP contribution is -2.71. The fraction of sp³-hybridized carbons (Fsp3) is 0.429. The molecule has 0 saturated carbocycles. The predicted molar refractivity (Wildman–Crippen MR) is 129 cm³/mol. The molecule has 1 aromatic rings. The number of nitrogens with two attached hydrogens (primary N) is 1. The molecule has 12 nitrogen and oxygen atoms in total. The van der Waals surface area contributed by atoms with Gasteiger partial charge in [-0.3, -0.25) is 14.5 Å². The van der Waals surface area contributed by atoms with E-state index in [1.54, 1.807) is 26.2 Å². The Bertz CT molecular complexity index is 1130. The quantitative estimate of drug-likeness (QED) is 0.156. The van der Waals surface area contributed by atoms with Gasteiger partial charge in [-0.1, -0.05) is 11.2 Å². The summed E-state index contributed by atoms with van der Waals surface area (Å²) in [6.07, 6.45) is 1.50.